The summed E-state index contributed by atoms with van der Waals surface area (Å²) in [6.07, 6.45) is 0.833. The number of urea groups is 1. The summed E-state index contributed by atoms with van der Waals surface area (Å²) in [7, 11) is 0. The zero-order valence-electron chi connectivity index (χ0n) is 12.2. The summed E-state index contributed by atoms with van der Waals surface area (Å²) >= 11 is 3.44. The highest BCUT2D eigenvalue weighted by Crippen LogP contribution is 2.19. The molecule has 0 bridgehead atoms. The Balaban J connectivity index is 1.82. The van der Waals surface area contributed by atoms with Crippen LogP contribution in [0, 0.1) is 13.8 Å². The molecular formula is C17H19BrN2O. The third-order valence-corrected chi connectivity index (χ3v) is 4.25. The molecule has 0 radical (unpaired) electrons. The summed E-state index contributed by atoms with van der Waals surface area (Å²) in [4.78, 5) is 11.8. The van der Waals surface area contributed by atoms with Gasteiger partial charge in [-0.1, -0.05) is 40.2 Å². The quantitative estimate of drug-likeness (QED) is 0.844. The van der Waals surface area contributed by atoms with Crippen LogP contribution in [0.5, 0.6) is 0 Å². The molecule has 2 amide bonds. The third-order valence-electron chi connectivity index (χ3n) is 3.36. The highest BCUT2D eigenvalue weighted by molar-refractivity contribution is 9.10. The first kappa shape index (κ1) is 15.6. The monoisotopic (exact) mass is 346 g/mol. The zero-order chi connectivity index (χ0) is 15.2. The Kier molecular flexibility index (Phi) is 5.39. The fourth-order valence-corrected chi connectivity index (χ4v) is 2.35. The van der Waals surface area contributed by atoms with Crippen LogP contribution in [0.1, 0.15) is 16.7 Å². The van der Waals surface area contributed by atoms with Gasteiger partial charge in [-0.3, -0.25) is 0 Å². The highest BCUT2D eigenvalue weighted by atomic mass is 79.9. The summed E-state index contributed by atoms with van der Waals surface area (Å²) in [5.74, 6) is 0. The molecule has 2 aromatic rings. The molecule has 0 aromatic heterocycles. The molecule has 2 N–H and O–H groups in total. The Morgan fingerprint density at radius 3 is 2.57 bits per heavy atom. The maximum absolute atomic E-state index is 11.8. The molecule has 2 aromatic carbocycles. The number of hydrogen-bond donors (Lipinski definition) is 2. The van der Waals surface area contributed by atoms with Crippen molar-refractivity contribution in [2.45, 2.75) is 20.3 Å². The van der Waals surface area contributed by atoms with E-state index in [1.165, 1.54) is 11.1 Å². The van der Waals surface area contributed by atoms with Crippen molar-refractivity contribution in [1.82, 2.24) is 5.32 Å². The molecule has 2 rings (SSSR count). The number of anilines is 1. The van der Waals surface area contributed by atoms with Crippen LogP contribution in [-0.2, 0) is 6.42 Å². The van der Waals surface area contributed by atoms with Gasteiger partial charge in [0.05, 0.1) is 0 Å². The van der Waals surface area contributed by atoms with Crippen LogP contribution >= 0.6 is 15.9 Å². The summed E-state index contributed by atoms with van der Waals surface area (Å²) in [5.41, 5.74) is 4.40. The van der Waals surface area contributed by atoms with Gasteiger partial charge in [0.15, 0.2) is 0 Å². The van der Waals surface area contributed by atoms with Crippen LogP contribution in [0.3, 0.4) is 0 Å². The Labute approximate surface area is 133 Å². The molecule has 0 saturated carbocycles. The minimum absolute atomic E-state index is 0.176. The second kappa shape index (κ2) is 7.27. The van der Waals surface area contributed by atoms with E-state index in [1.807, 2.05) is 37.3 Å². The van der Waals surface area contributed by atoms with Crippen LogP contribution in [-0.4, -0.2) is 12.6 Å². The summed E-state index contributed by atoms with van der Waals surface area (Å²) < 4.78 is 1.04. The molecule has 0 aliphatic rings. The third kappa shape index (κ3) is 4.60. The second-order valence-electron chi connectivity index (χ2n) is 5.02. The fourth-order valence-electron chi connectivity index (χ4n) is 2.10. The molecule has 21 heavy (non-hydrogen) atoms. The van der Waals surface area contributed by atoms with Crippen LogP contribution < -0.4 is 10.6 Å². The van der Waals surface area contributed by atoms with Crippen molar-refractivity contribution in [1.29, 1.82) is 0 Å². The molecule has 0 fully saturated rings. The number of amides is 2. The number of carbonyl (C=O) groups excluding carboxylic acids is 1. The predicted octanol–water partition coefficient (Wildman–Crippen LogP) is 4.43. The molecule has 0 atom stereocenters. The second-order valence-corrected chi connectivity index (χ2v) is 5.88. The summed E-state index contributed by atoms with van der Waals surface area (Å²) in [6.45, 7) is 4.69. The van der Waals surface area contributed by atoms with E-state index in [4.69, 9.17) is 0 Å². The van der Waals surface area contributed by atoms with E-state index in [9.17, 15) is 4.79 Å². The number of aryl methyl sites for hydroxylation is 2. The largest absolute Gasteiger partial charge is 0.338 e. The first-order valence-corrected chi connectivity index (χ1v) is 7.71. The molecule has 0 unspecified atom stereocenters. The van der Waals surface area contributed by atoms with E-state index in [0.717, 1.165) is 22.1 Å². The fraction of sp³-hybridized carbons (Fsp3) is 0.235. The van der Waals surface area contributed by atoms with E-state index in [-0.39, 0.29) is 6.03 Å². The van der Waals surface area contributed by atoms with Crippen LogP contribution in [0.4, 0.5) is 10.5 Å². The van der Waals surface area contributed by atoms with Gasteiger partial charge in [0, 0.05) is 16.7 Å². The molecule has 4 heteroatoms. The zero-order valence-corrected chi connectivity index (χ0v) is 13.8. The maximum Gasteiger partial charge on any atom is 0.319 e. The van der Waals surface area contributed by atoms with Gasteiger partial charge in [0.25, 0.3) is 0 Å². The van der Waals surface area contributed by atoms with E-state index >= 15 is 0 Å². The molecule has 0 spiro atoms. The van der Waals surface area contributed by atoms with Crippen molar-refractivity contribution < 1.29 is 4.79 Å². The molecule has 3 nitrogen and oxygen atoms in total. The van der Waals surface area contributed by atoms with Crippen molar-refractivity contribution in [3.05, 3.63) is 63.6 Å². The minimum atomic E-state index is -0.176. The Morgan fingerprint density at radius 1 is 1.10 bits per heavy atom. The molecule has 110 valence electrons. The van der Waals surface area contributed by atoms with E-state index in [1.54, 1.807) is 0 Å². The van der Waals surface area contributed by atoms with Crippen molar-refractivity contribution in [2.75, 3.05) is 11.9 Å². The van der Waals surface area contributed by atoms with Gasteiger partial charge in [-0.05, 0) is 55.2 Å². The van der Waals surface area contributed by atoms with E-state index in [0.29, 0.717) is 6.54 Å². The topological polar surface area (TPSA) is 41.1 Å². The summed E-state index contributed by atoms with van der Waals surface area (Å²) in [6, 6.07) is 13.8. The van der Waals surface area contributed by atoms with E-state index in [2.05, 4.69) is 45.6 Å². The van der Waals surface area contributed by atoms with Crippen molar-refractivity contribution >= 4 is 27.6 Å². The van der Waals surface area contributed by atoms with Gasteiger partial charge in [0.1, 0.15) is 0 Å². The van der Waals surface area contributed by atoms with Crippen LogP contribution in [0.2, 0.25) is 0 Å². The molecule has 0 aliphatic carbocycles. The predicted molar refractivity (Wildman–Crippen MR) is 90.8 cm³/mol. The smallest absolute Gasteiger partial charge is 0.319 e. The van der Waals surface area contributed by atoms with E-state index < -0.39 is 0 Å². The number of halogens is 1. The highest BCUT2D eigenvalue weighted by Gasteiger charge is 2.03. The van der Waals surface area contributed by atoms with Crippen LogP contribution in [0.25, 0.3) is 0 Å². The lowest BCUT2D eigenvalue weighted by atomic mass is 10.1. The minimum Gasteiger partial charge on any atom is -0.338 e. The van der Waals surface area contributed by atoms with Gasteiger partial charge in [0.2, 0.25) is 0 Å². The normalized spacial score (nSPS) is 10.2. The number of hydrogen-bond acceptors (Lipinski definition) is 1. The number of carbonyl (C=O) groups is 1. The number of rotatable bonds is 4. The maximum atomic E-state index is 11.8. The van der Waals surface area contributed by atoms with Crippen molar-refractivity contribution in [2.24, 2.45) is 0 Å². The first-order valence-electron chi connectivity index (χ1n) is 6.92. The van der Waals surface area contributed by atoms with Crippen molar-refractivity contribution in [3.8, 4) is 0 Å². The van der Waals surface area contributed by atoms with Gasteiger partial charge in [-0.25, -0.2) is 4.79 Å². The lowest BCUT2D eigenvalue weighted by Crippen LogP contribution is -2.30. The number of nitrogens with one attached hydrogen (secondary N) is 2. The average molecular weight is 347 g/mol. The van der Waals surface area contributed by atoms with Gasteiger partial charge < -0.3 is 10.6 Å². The number of benzene rings is 2. The lowest BCUT2D eigenvalue weighted by Gasteiger charge is -2.10. The lowest BCUT2D eigenvalue weighted by molar-refractivity contribution is 0.252. The first-order chi connectivity index (χ1) is 10.1. The molecular weight excluding hydrogens is 328 g/mol. The van der Waals surface area contributed by atoms with Gasteiger partial charge in [-0.2, -0.15) is 0 Å². The summed E-state index contributed by atoms with van der Waals surface area (Å²) in [5, 5.41) is 5.72. The Bertz CT molecular complexity index is 640. The van der Waals surface area contributed by atoms with Gasteiger partial charge >= 0.3 is 6.03 Å². The van der Waals surface area contributed by atoms with Crippen molar-refractivity contribution in [3.63, 3.8) is 0 Å². The SMILES string of the molecule is Cc1cc(NC(=O)NCCc2ccccc2C)ccc1Br. The van der Waals surface area contributed by atoms with Gasteiger partial charge in [-0.15, -0.1) is 0 Å². The van der Waals surface area contributed by atoms with Crippen LogP contribution in [0.15, 0.2) is 46.9 Å². The Morgan fingerprint density at radius 2 is 1.86 bits per heavy atom. The molecule has 0 heterocycles. The molecule has 0 saturated heterocycles. The molecule has 0 aliphatic heterocycles. The standard InChI is InChI=1S/C17H19BrN2O/c1-12-5-3-4-6-14(12)9-10-19-17(21)20-15-7-8-16(18)13(2)11-15/h3-8,11H,9-10H2,1-2H3,(H2,19,20,21). The average Bonchev–Trinajstić information content (AvgIpc) is 2.45. The Hall–Kier alpha value is -1.81.